The Morgan fingerprint density at radius 2 is 1.81 bits per heavy atom. The monoisotopic (exact) mass is 501 g/mol. The standard InChI is InChI=1S/C27H27N5O3S/c1-4-35-22-15-13-21(14-16-22)32-26(34)23-7-5-6-8-24(23)29-27(32)36-18-25(33)30-28-17-19-9-11-20(12-10-19)31(2)3/h5-17H,4,18H2,1-3H3,(H,30,33). The molecule has 1 aromatic heterocycles. The van der Waals surface area contributed by atoms with Crippen molar-refractivity contribution in [3.8, 4) is 11.4 Å². The van der Waals surface area contributed by atoms with E-state index in [1.807, 2.05) is 56.3 Å². The predicted octanol–water partition coefficient (Wildman–Crippen LogP) is 4.09. The van der Waals surface area contributed by atoms with Crippen LogP contribution in [-0.4, -0.2) is 48.1 Å². The Hall–Kier alpha value is -4.11. The van der Waals surface area contributed by atoms with E-state index in [-0.39, 0.29) is 17.2 Å². The van der Waals surface area contributed by atoms with Gasteiger partial charge in [0.15, 0.2) is 5.16 Å². The molecule has 9 heteroatoms. The van der Waals surface area contributed by atoms with Crippen LogP contribution in [0, 0.1) is 0 Å². The second kappa shape index (κ2) is 11.5. The van der Waals surface area contributed by atoms with Gasteiger partial charge in [-0.05, 0) is 61.0 Å². The topological polar surface area (TPSA) is 88.8 Å². The molecule has 0 aliphatic rings. The van der Waals surface area contributed by atoms with Crippen LogP contribution in [0.5, 0.6) is 5.75 Å². The second-order valence-electron chi connectivity index (χ2n) is 8.05. The lowest BCUT2D eigenvalue weighted by molar-refractivity contribution is -0.118. The van der Waals surface area contributed by atoms with Crippen LogP contribution in [0.15, 0.2) is 87.8 Å². The number of benzene rings is 3. The lowest BCUT2D eigenvalue weighted by atomic mass is 10.2. The van der Waals surface area contributed by atoms with Crippen LogP contribution in [0.1, 0.15) is 12.5 Å². The van der Waals surface area contributed by atoms with Gasteiger partial charge in [0.2, 0.25) is 0 Å². The Balaban J connectivity index is 1.51. The number of anilines is 1. The fourth-order valence-electron chi connectivity index (χ4n) is 3.49. The van der Waals surface area contributed by atoms with E-state index >= 15 is 0 Å². The molecule has 0 atom stereocenters. The zero-order valence-corrected chi connectivity index (χ0v) is 21.2. The van der Waals surface area contributed by atoms with Gasteiger partial charge in [0, 0.05) is 19.8 Å². The molecule has 0 aliphatic carbocycles. The molecule has 1 heterocycles. The molecule has 0 unspecified atom stereocenters. The Morgan fingerprint density at radius 3 is 2.50 bits per heavy atom. The molecule has 4 rings (SSSR count). The summed E-state index contributed by atoms with van der Waals surface area (Å²) in [5.74, 6) is 0.450. The number of carbonyl (C=O) groups is 1. The lowest BCUT2D eigenvalue weighted by Gasteiger charge is -2.13. The molecule has 1 N–H and O–H groups in total. The minimum atomic E-state index is -0.304. The van der Waals surface area contributed by atoms with Gasteiger partial charge in [-0.2, -0.15) is 5.10 Å². The number of amides is 1. The molecule has 0 radical (unpaired) electrons. The van der Waals surface area contributed by atoms with E-state index in [1.165, 1.54) is 16.3 Å². The molecule has 184 valence electrons. The third kappa shape index (κ3) is 5.92. The molecule has 8 nitrogen and oxygen atoms in total. The van der Waals surface area contributed by atoms with Crippen LogP contribution in [0.25, 0.3) is 16.6 Å². The van der Waals surface area contributed by atoms with Gasteiger partial charge in [-0.1, -0.05) is 36.0 Å². The average molecular weight is 502 g/mol. The molecule has 0 bridgehead atoms. The number of hydrazone groups is 1. The van der Waals surface area contributed by atoms with Crippen molar-refractivity contribution in [1.82, 2.24) is 15.0 Å². The number of hydrogen-bond donors (Lipinski definition) is 1. The molecule has 3 aromatic carbocycles. The third-order valence-corrected chi connectivity index (χ3v) is 6.23. The number of ether oxygens (including phenoxy) is 1. The highest BCUT2D eigenvalue weighted by Gasteiger charge is 2.15. The fourth-order valence-corrected chi connectivity index (χ4v) is 4.30. The second-order valence-corrected chi connectivity index (χ2v) is 8.99. The summed E-state index contributed by atoms with van der Waals surface area (Å²) in [5.41, 5.74) is 5.50. The molecular weight excluding hydrogens is 474 g/mol. The van der Waals surface area contributed by atoms with Crippen LogP contribution >= 0.6 is 11.8 Å². The number of nitrogens with zero attached hydrogens (tertiary/aromatic N) is 4. The number of hydrogen-bond acceptors (Lipinski definition) is 7. The van der Waals surface area contributed by atoms with E-state index < -0.39 is 0 Å². The first-order valence-electron chi connectivity index (χ1n) is 11.4. The summed E-state index contributed by atoms with van der Waals surface area (Å²) in [6.07, 6.45) is 1.59. The Kier molecular flexibility index (Phi) is 8.02. The number of aromatic nitrogens is 2. The minimum absolute atomic E-state index is 0.0404. The first-order chi connectivity index (χ1) is 17.5. The zero-order valence-electron chi connectivity index (χ0n) is 20.3. The van der Waals surface area contributed by atoms with Gasteiger partial charge < -0.3 is 9.64 Å². The summed E-state index contributed by atoms with van der Waals surface area (Å²) in [5, 5.41) is 4.97. The zero-order chi connectivity index (χ0) is 25.5. The van der Waals surface area contributed by atoms with E-state index in [0.29, 0.717) is 34.1 Å². The Labute approximate surface area is 213 Å². The minimum Gasteiger partial charge on any atom is -0.494 e. The Bertz CT molecular complexity index is 1430. The van der Waals surface area contributed by atoms with Crippen LogP contribution < -0.4 is 20.6 Å². The van der Waals surface area contributed by atoms with Crippen molar-refractivity contribution in [3.63, 3.8) is 0 Å². The van der Waals surface area contributed by atoms with E-state index in [9.17, 15) is 9.59 Å². The highest BCUT2D eigenvalue weighted by molar-refractivity contribution is 7.99. The first-order valence-corrected chi connectivity index (χ1v) is 12.4. The van der Waals surface area contributed by atoms with Crippen molar-refractivity contribution < 1.29 is 9.53 Å². The maximum Gasteiger partial charge on any atom is 0.266 e. The molecule has 0 spiro atoms. The molecule has 4 aromatic rings. The van der Waals surface area contributed by atoms with Gasteiger partial charge in [-0.3, -0.25) is 14.2 Å². The summed E-state index contributed by atoms with van der Waals surface area (Å²) in [7, 11) is 3.95. The molecule has 1 amide bonds. The van der Waals surface area contributed by atoms with E-state index in [1.54, 1.807) is 48.7 Å². The van der Waals surface area contributed by atoms with Gasteiger partial charge in [0.1, 0.15) is 5.75 Å². The van der Waals surface area contributed by atoms with E-state index in [0.717, 1.165) is 11.3 Å². The van der Waals surface area contributed by atoms with Crippen molar-refractivity contribution in [2.75, 3.05) is 31.4 Å². The lowest BCUT2D eigenvalue weighted by Crippen LogP contribution is -2.24. The number of fused-ring (bicyclic) bond motifs is 1. The van der Waals surface area contributed by atoms with Crippen LogP contribution in [0.3, 0.4) is 0 Å². The maximum atomic E-state index is 13.4. The largest absolute Gasteiger partial charge is 0.494 e. The average Bonchev–Trinajstić information content (AvgIpc) is 2.89. The maximum absolute atomic E-state index is 13.4. The van der Waals surface area contributed by atoms with Gasteiger partial charge in [0.25, 0.3) is 11.5 Å². The van der Waals surface area contributed by atoms with E-state index in [4.69, 9.17) is 4.74 Å². The highest BCUT2D eigenvalue weighted by Crippen LogP contribution is 2.23. The summed E-state index contributed by atoms with van der Waals surface area (Å²) in [6, 6.07) is 22.2. The Morgan fingerprint density at radius 1 is 1.08 bits per heavy atom. The number of nitrogens with one attached hydrogen (secondary N) is 1. The quantitative estimate of drug-likeness (QED) is 0.161. The van der Waals surface area contributed by atoms with Crippen molar-refractivity contribution in [2.45, 2.75) is 12.1 Å². The van der Waals surface area contributed by atoms with Crippen molar-refractivity contribution in [3.05, 3.63) is 88.7 Å². The van der Waals surface area contributed by atoms with Gasteiger partial charge in [-0.15, -0.1) is 0 Å². The number of carbonyl (C=O) groups excluding carboxylic acids is 1. The summed E-state index contributed by atoms with van der Waals surface area (Å²) < 4.78 is 7.03. The highest BCUT2D eigenvalue weighted by atomic mass is 32.2. The number of rotatable bonds is 9. The third-order valence-electron chi connectivity index (χ3n) is 5.30. The molecule has 0 saturated heterocycles. The van der Waals surface area contributed by atoms with Crippen molar-refractivity contribution >= 4 is 40.5 Å². The molecule has 36 heavy (non-hydrogen) atoms. The van der Waals surface area contributed by atoms with Gasteiger partial charge >= 0.3 is 0 Å². The normalized spacial score (nSPS) is 11.1. The van der Waals surface area contributed by atoms with Gasteiger partial charge in [-0.25, -0.2) is 10.4 Å². The SMILES string of the molecule is CCOc1ccc(-n2c(SCC(=O)NN=Cc3ccc(N(C)C)cc3)nc3ccccc3c2=O)cc1. The van der Waals surface area contributed by atoms with Crippen LogP contribution in [-0.2, 0) is 4.79 Å². The molecule has 0 fully saturated rings. The van der Waals surface area contributed by atoms with Crippen molar-refractivity contribution in [1.29, 1.82) is 0 Å². The molecule has 0 aliphatic heterocycles. The molecule has 0 saturated carbocycles. The van der Waals surface area contributed by atoms with Crippen LogP contribution in [0.2, 0.25) is 0 Å². The smallest absolute Gasteiger partial charge is 0.266 e. The number of thioether (sulfide) groups is 1. The predicted molar refractivity (Wildman–Crippen MR) is 146 cm³/mol. The van der Waals surface area contributed by atoms with Crippen molar-refractivity contribution in [2.24, 2.45) is 5.10 Å². The van der Waals surface area contributed by atoms with Crippen LogP contribution in [0.4, 0.5) is 5.69 Å². The summed E-state index contributed by atoms with van der Waals surface area (Å²) in [4.78, 5) is 32.5. The molecular formula is C27H27N5O3S. The first kappa shape index (κ1) is 25.0. The van der Waals surface area contributed by atoms with Gasteiger partial charge in [0.05, 0.1) is 35.2 Å². The number of para-hydroxylation sites is 1. The summed E-state index contributed by atoms with van der Waals surface area (Å²) in [6.45, 7) is 2.47. The fraction of sp³-hybridized carbons (Fsp3) is 0.185. The van der Waals surface area contributed by atoms with E-state index in [2.05, 4.69) is 15.5 Å². The summed E-state index contributed by atoms with van der Waals surface area (Å²) >= 11 is 1.17.